The molecule has 1 N–H and O–H groups in total. The van der Waals surface area contributed by atoms with Crippen molar-refractivity contribution >= 4 is 17.9 Å². The van der Waals surface area contributed by atoms with Crippen LogP contribution in [0.1, 0.15) is 34.3 Å². The molecule has 2 aromatic rings. The molecule has 2 aromatic carbocycles. The van der Waals surface area contributed by atoms with Gasteiger partial charge in [-0.05, 0) is 54.5 Å². The van der Waals surface area contributed by atoms with Crippen LogP contribution in [-0.2, 0) is 11.2 Å². The van der Waals surface area contributed by atoms with E-state index in [1.807, 2.05) is 29.2 Å². The van der Waals surface area contributed by atoms with E-state index in [1.165, 1.54) is 5.56 Å². The van der Waals surface area contributed by atoms with Gasteiger partial charge in [0.2, 0.25) is 5.91 Å². The van der Waals surface area contributed by atoms with Crippen LogP contribution in [0.2, 0.25) is 0 Å². The Morgan fingerprint density at radius 2 is 1.70 bits per heavy atom. The van der Waals surface area contributed by atoms with E-state index < -0.39 is 0 Å². The molecule has 3 rings (SSSR count). The van der Waals surface area contributed by atoms with Crippen molar-refractivity contribution in [1.29, 1.82) is 0 Å². The molecule has 0 aromatic heterocycles. The molecule has 0 radical (unpaired) electrons. The number of piperidine rings is 1. The van der Waals surface area contributed by atoms with Crippen LogP contribution < -0.4 is 5.32 Å². The van der Waals surface area contributed by atoms with Crippen molar-refractivity contribution in [2.24, 2.45) is 5.92 Å². The van der Waals surface area contributed by atoms with Crippen LogP contribution in [-0.4, -0.2) is 36.9 Å². The monoisotopic (exact) mass is 362 g/mol. The van der Waals surface area contributed by atoms with Gasteiger partial charge in [-0.2, -0.15) is 0 Å². The summed E-state index contributed by atoms with van der Waals surface area (Å²) in [6, 6.07) is 17.8. The van der Waals surface area contributed by atoms with Crippen LogP contribution in [0.5, 0.6) is 0 Å². The van der Waals surface area contributed by atoms with Gasteiger partial charge in [0.05, 0.1) is 0 Å². The highest BCUT2D eigenvalue weighted by Crippen LogP contribution is 2.22. The first kappa shape index (κ1) is 18.9. The summed E-state index contributed by atoms with van der Waals surface area (Å²) in [4.78, 5) is 25.9. The van der Waals surface area contributed by atoms with Crippen LogP contribution in [0.15, 0.2) is 60.7 Å². The number of rotatable bonds is 5. The van der Waals surface area contributed by atoms with Crippen molar-refractivity contribution in [3.8, 4) is 0 Å². The van der Waals surface area contributed by atoms with Crippen molar-refractivity contribution in [2.45, 2.75) is 19.3 Å². The number of nitrogens with zero attached hydrogens (tertiary/aromatic N) is 1. The Labute approximate surface area is 160 Å². The Morgan fingerprint density at radius 3 is 2.33 bits per heavy atom. The summed E-state index contributed by atoms with van der Waals surface area (Å²) < 4.78 is 0. The minimum absolute atomic E-state index is 0.0588. The smallest absolute Gasteiger partial charge is 0.251 e. The van der Waals surface area contributed by atoms with Gasteiger partial charge in [-0.25, -0.2) is 0 Å². The highest BCUT2D eigenvalue weighted by molar-refractivity contribution is 5.94. The number of carbonyl (C=O) groups excluding carboxylic acids is 2. The Kier molecular flexibility index (Phi) is 6.42. The molecule has 0 atom stereocenters. The van der Waals surface area contributed by atoms with Crippen LogP contribution in [0.3, 0.4) is 0 Å². The highest BCUT2D eigenvalue weighted by Gasteiger charge is 2.21. The van der Waals surface area contributed by atoms with Crippen molar-refractivity contribution in [3.63, 3.8) is 0 Å². The lowest BCUT2D eigenvalue weighted by atomic mass is 9.90. The van der Waals surface area contributed by atoms with E-state index in [0.29, 0.717) is 11.5 Å². The molecule has 1 fully saturated rings. The normalized spacial score (nSPS) is 15.1. The molecule has 140 valence electrons. The summed E-state index contributed by atoms with van der Waals surface area (Å²) in [7, 11) is 1.61. The minimum atomic E-state index is -0.111. The zero-order valence-electron chi connectivity index (χ0n) is 15.7. The molecule has 1 aliphatic heterocycles. The number of amides is 2. The third-order valence-corrected chi connectivity index (χ3v) is 5.11. The molecule has 4 nitrogen and oxygen atoms in total. The fourth-order valence-corrected chi connectivity index (χ4v) is 3.47. The molecule has 0 saturated carbocycles. The molecule has 2 amide bonds. The molecule has 0 spiro atoms. The van der Waals surface area contributed by atoms with Gasteiger partial charge >= 0.3 is 0 Å². The number of benzene rings is 2. The summed E-state index contributed by atoms with van der Waals surface area (Å²) >= 11 is 0. The van der Waals surface area contributed by atoms with Crippen LogP contribution in [0.25, 0.3) is 6.08 Å². The first-order valence-corrected chi connectivity index (χ1v) is 9.49. The zero-order valence-corrected chi connectivity index (χ0v) is 15.7. The number of nitrogens with one attached hydrogen (secondary N) is 1. The van der Waals surface area contributed by atoms with E-state index in [1.54, 1.807) is 25.3 Å². The van der Waals surface area contributed by atoms with Crippen molar-refractivity contribution in [3.05, 3.63) is 77.4 Å². The van der Waals surface area contributed by atoms with Gasteiger partial charge in [-0.15, -0.1) is 0 Å². The van der Waals surface area contributed by atoms with Crippen LogP contribution >= 0.6 is 0 Å². The summed E-state index contributed by atoms with van der Waals surface area (Å²) in [6.07, 6.45) is 6.64. The van der Waals surface area contributed by atoms with Gasteiger partial charge in [-0.3, -0.25) is 9.59 Å². The number of likely N-dealkylation sites (tertiary alicyclic amines) is 1. The van der Waals surface area contributed by atoms with Gasteiger partial charge in [0, 0.05) is 31.8 Å². The average Bonchev–Trinajstić information content (AvgIpc) is 2.73. The topological polar surface area (TPSA) is 49.4 Å². The Morgan fingerprint density at radius 1 is 1.04 bits per heavy atom. The third kappa shape index (κ3) is 5.30. The van der Waals surface area contributed by atoms with Crippen molar-refractivity contribution in [2.75, 3.05) is 20.1 Å². The summed E-state index contributed by atoms with van der Waals surface area (Å²) in [6.45, 7) is 1.63. The molecule has 0 bridgehead atoms. The molecular formula is C23H26N2O2. The molecule has 1 saturated heterocycles. The van der Waals surface area contributed by atoms with Crippen molar-refractivity contribution in [1.82, 2.24) is 10.2 Å². The number of hydrogen-bond acceptors (Lipinski definition) is 2. The Balaban J connectivity index is 1.49. The van der Waals surface area contributed by atoms with E-state index in [9.17, 15) is 9.59 Å². The molecule has 27 heavy (non-hydrogen) atoms. The van der Waals surface area contributed by atoms with Gasteiger partial charge < -0.3 is 10.2 Å². The van der Waals surface area contributed by atoms with E-state index in [0.717, 1.165) is 37.9 Å². The summed E-state index contributed by atoms with van der Waals surface area (Å²) in [5.74, 6) is 0.598. The standard InChI is InChI=1S/C23H26N2O2/c1-24-23(27)21-10-7-18(8-11-21)9-12-22(26)25-15-13-20(14-16-25)17-19-5-3-2-4-6-19/h2-12,20H,13-17H2,1H3,(H,24,27)/b12-9+. The van der Waals surface area contributed by atoms with E-state index >= 15 is 0 Å². The molecule has 0 unspecified atom stereocenters. The SMILES string of the molecule is CNC(=O)c1ccc(/C=C/C(=O)N2CCC(Cc3ccccc3)CC2)cc1. The lowest BCUT2D eigenvalue weighted by molar-refractivity contribution is -0.127. The van der Waals surface area contributed by atoms with E-state index in [4.69, 9.17) is 0 Å². The van der Waals surface area contributed by atoms with Gasteiger partial charge in [0.1, 0.15) is 0 Å². The molecule has 1 heterocycles. The van der Waals surface area contributed by atoms with E-state index in [2.05, 4.69) is 29.6 Å². The predicted octanol–water partition coefficient (Wildman–Crippen LogP) is 3.54. The molecule has 4 heteroatoms. The Bertz CT molecular complexity index is 789. The van der Waals surface area contributed by atoms with Gasteiger partial charge in [-0.1, -0.05) is 42.5 Å². The third-order valence-electron chi connectivity index (χ3n) is 5.11. The Hall–Kier alpha value is -2.88. The minimum Gasteiger partial charge on any atom is -0.355 e. The maximum atomic E-state index is 12.4. The highest BCUT2D eigenvalue weighted by atomic mass is 16.2. The largest absolute Gasteiger partial charge is 0.355 e. The first-order chi connectivity index (χ1) is 13.2. The predicted molar refractivity (Wildman–Crippen MR) is 108 cm³/mol. The van der Waals surface area contributed by atoms with Gasteiger partial charge in [0.15, 0.2) is 0 Å². The maximum absolute atomic E-state index is 12.4. The second-order valence-electron chi connectivity index (χ2n) is 6.99. The summed E-state index contributed by atoms with van der Waals surface area (Å²) in [5.41, 5.74) is 2.90. The van der Waals surface area contributed by atoms with Crippen molar-refractivity contribution < 1.29 is 9.59 Å². The van der Waals surface area contributed by atoms with E-state index in [-0.39, 0.29) is 11.8 Å². The fraction of sp³-hybridized carbons (Fsp3) is 0.304. The van der Waals surface area contributed by atoms with Crippen LogP contribution in [0.4, 0.5) is 0 Å². The zero-order chi connectivity index (χ0) is 19.1. The number of hydrogen-bond donors (Lipinski definition) is 1. The molecular weight excluding hydrogens is 336 g/mol. The molecule has 0 aliphatic carbocycles. The average molecular weight is 362 g/mol. The second-order valence-corrected chi connectivity index (χ2v) is 6.99. The van der Waals surface area contributed by atoms with Crippen LogP contribution in [0, 0.1) is 5.92 Å². The maximum Gasteiger partial charge on any atom is 0.251 e. The molecule has 1 aliphatic rings. The fourth-order valence-electron chi connectivity index (χ4n) is 3.47. The lowest BCUT2D eigenvalue weighted by Gasteiger charge is -2.31. The van der Waals surface area contributed by atoms with Gasteiger partial charge in [0.25, 0.3) is 5.91 Å². The quantitative estimate of drug-likeness (QED) is 0.827. The summed E-state index contributed by atoms with van der Waals surface area (Å²) in [5, 5.41) is 2.59. The first-order valence-electron chi connectivity index (χ1n) is 9.49. The second kappa shape index (κ2) is 9.17. The number of carbonyl (C=O) groups is 2. The lowest BCUT2D eigenvalue weighted by Crippen LogP contribution is -2.37.